The first-order chi connectivity index (χ1) is 12.7. The number of pyridine rings is 1. The van der Waals surface area contributed by atoms with E-state index < -0.39 is 11.9 Å². The third-order valence-corrected chi connectivity index (χ3v) is 3.74. The lowest BCUT2D eigenvalue weighted by atomic mass is 10.1. The van der Waals surface area contributed by atoms with Gasteiger partial charge in [0.05, 0.1) is 29.9 Å². The third kappa shape index (κ3) is 4.16. The van der Waals surface area contributed by atoms with Crippen molar-refractivity contribution in [1.82, 2.24) is 4.98 Å². The molecule has 0 atom stereocenters. The summed E-state index contributed by atoms with van der Waals surface area (Å²) in [4.78, 5) is 28.0. The van der Waals surface area contributed by atoms with E-state index in [0.717, 1.165) is 16.5 Å². The lowest BCUT2D eigenvalue weighted by Crippen LogP contribution is -2.19. The topological polar surface area (TPSA) is 80.3 Å². The van der Waals surface area contributed by atoms with Crippen molar-refractivity contribution in [1.29, 1.82) is 0 Å². The van der Waals surface area contributed by atoms with E-state index in [1.807, 2.05) is 48.5 Å². The molecule has 6 nitrogen and oxygen atoms in total. The number of anilines is 3. The SMILES string of the molecule is CCOC(=O)CC(=O)Nc1c(Nc2cccnc2)ccc2ccccc12. The summed E-state index contributed by atoms with van der Waals surface area (Å²) in [5.41, 5.74) is 2.12. The lowest BCUT2D eigenvalue weighted by molar-refractivity contribution is -0.145. The number of carbonyl (C=O) groups excluding carboxylic acids is 2. The first kappa shape index (κ1) is 17.4. The minimum atomic E-state index is -0.549. The first-order valence-electron chi connectivity index (χ1n) is 8.31. The van der Waals surface area contributed by atoms with Crippen LogP contribution in [0.25, 0.3) is 10.8 Å². The van der Waals surface area contributed by atoms with Crippen LogP contribution in [0.3, 0.4) is 0 Å². The van der Waals surface area contributed by atoms with Crippen molar-refractivity contribution in [2.45, 2.75) is 13.3 Å². The molecule has 0 spiro atoms. The van der Waals surface area contributed by atoms with Gasteiger partial charge >= 0.3 is 5.97 Å². The molecule has 2 N–H and O–H groups in total. The van der Waals surface area contributed by atoms with Crippen LogP contribution in [-0.4, -0.2) is 23.5 Å². The molecular formula is C20H19N3O3. The first-order valence-corrected chi connectivity index (χ1v) is 8.31. The van der Waals surface area contributed by atoms with Gasteiger partial charge in [0.25, 0.3) is 0 Å². The number of hydrogen-bond donors (Lipinski definition) is 2. The molecule has 2 aromatic carbocycles. The third-order valence-electron chi connectivity index (χ3n) is 3.74. The Labute approximate surface area is 151 Å². The molecule has 1 heterocycles. The van der Waals surface area contributed by atoms with Crippen LogP contribution in [0.4, 0.5) is 17.1 Å². The van der Waals surface area contributed by atoms with E-state index in [4.69, 9.17) is 4.74 Å². The molecule has 0 aliphatic carbocycles. The number of nitrogens with one attached hydrogen (secondary N) is 2. The Hall–Kier alpha value is -3.41. The van der Waals surface area contributed by atoms with Crippen LogP contribution in [0.15, 0.2) is 60.9 Å². The molecule has 0 aliphatic heterocycles. The summed E-state index contributed by atoms with van der Waals surface area (Å²) < 4.78 is 4.84. The summed E-state index contributed by atoms with van der Waals surface area (Å²) in [6.07, 6.45) is 3.05. The van der Waals surface area contributed by atoms with Crippen LogP contribution >= 0.6 is 0 Å². The van der Waals surface area contributed by atoms with E-state index in [-0.39, 0.29) is 13.0 Å². The van der Waals surface area contributed by atoms with Gasteiger partial charge in [0, 0.05) is 11.6 Å². The van der Waals surface area contributed by atoms with Gasteiger partial charge in [0.1, 0.15) is 6.42 Å². The Morgan fingerprint density at radius 1 is 1.08 bits per heavy atom. The monoisotopic (exact) mass is 349 g/mol. The average molecular weight is 349 g/mol. The van der Waals surface area contributed by atoms with Crippen LogP contribution in [0.2, 0.25) is 0 Å². The number of aromatic nitrogens is 1. The number of fused-ring (bicyclic) bond motifs is 1. The van der Waals surface area contributed by atoms with Crippen molar-refractivity contribution in [3.63, 3.8) is 0 Å². The fraction of sp³-hybridized carbons (Fsp3) is 0.150. The fourth-order valence-electron chi connectivity index (χ4n) is 2.63. The highest BCUT2D eigenvalue weighted by atomic mass is 16.5. The molecule has 0 saturated carbocycles. The van der Waals surface area contributed by atoms with Crippen LogP contribution < -0.4 is 10.6 Å². The zero-order valence-corrected chi connectivity index (χ0v) is 14.4. The highest BCUT2D eigenvalue weighted by Gasteiger charge is 2.15. The second-order valence-corrected chi connectivity index (χ2v) is 5.61. The molecule has 1 aromatic heterocycles. The molecular weight excluding hydrogens is 330 g/mol. The number of esters is 1. The summed E-state index contributed by atoms with van der Waals surface area (Å²) in [5.74, 6) is -0.971. The van der Waals surface area contributed by atoms with Gasteiger partial charge in [-0.1, -0.05) is 30.3 Å². The molecule has 0 saturated heterocycles. The van der Waals surface area contributed by atoms with E-state index in [2.05, 4.69) is 15.6 Å². The van der Waals surface area contributed by atoms with Crippen molar-refractivity contribution in [2.75, 3.05) is 17.2 Å². The average Bonchev–Trinajstić information content (AvgIpc) is 2.64. The number of benzene rings is 2. The molecule has 3 aromatic rings. The van der Waals surface area contributed by atoms with Crippen molar-refractivity contribution in [3.05, 3.63) is 60.9 Å². The quantitative estimate of drug-likeness (QED) is 0.522. The standard InChI is InChI=1S/C20H19N3O3/c1-2-26-19(25)12-18(24)23-20-16-8-4-3-6-14(16)9-10-17(20)22-15-7-5-11-21-13-15/h3-11,13,22H,2,12H2,1H3,(H,23,24). The Morgan fingerprint density at radius 3 is 2.69 bits per heavy atom. The minimum Gasteiger partial charge on any atom is -0.466 e. The summed E-state index contributed by atoms with van der Waals surface area (Å²) >= 11 is 0. The lowest BCUT2D eigenvalue weighted by Gasteiger charge is -2.16. The number of ether oxygens (including phenoxy) is 1. The number of carbonyl (C=O) groups is 2. The summed E-state index contributed by atoms with van der Waals surface area (Å²) in [7, 11) is 0. The van der Waals surface area contributed by atoms with E-state index >= 15 is 0 Å². The summed E-state index contributed by atoms with van der Waals surface area (Å²) in [6.45, 7) is 1.95. The van der Waals surface area contributed by atoms with Crippen molar-refractivity contribution >= 4 is 39.7 Å². The van der Waals surface area contributed by atoms with Crippen molar-refractivity contribution in [2.24, 2.45) is 0 Å². The number of nitrogens with zero attached hydrogens (tertiary/aromatic N) is 1. The van der Waals surface area contributed by atoms with Crippen LogP contribution in [-0.2, 0) is 14.3 Å². The van der Waals surface area contributed by atoms with Crippen LogP contribution in [0.5, 0.6) is 0 Å². The predicted molar refractivity (Wildman–Crippen MR) is 101 cm³/mol. The number of hydrogen-bond acceptors (Lipinski definition) is 5. The van der Waals surface area contributed by atoms with Crippen LogP contribution in [0, 0.1) is 0 Å². The maximum absolute atomic E-state index is 12.3. The van der Waals surface area contributed by atoms with Gasteiger partial charge in [-0.3, -0.25) is 14.6 Å². The fourth-order valence-corrected chi connectivity index (χ4v) is 2.63. The van der Waals surface area contributed by atoms with Gasteiger partial charge in [-0.05, 0) is 30.5 Å². The molecule has 0 radical (unpaired) electrons. The van der Waals surface area contributed by atoms with E-state index in [1.165, 1.54) is 0 Å². The van der Waals surface area contributed by atoms with Gasteiger partial charge in [0.2, 0.25) is 5.91 Å². The highest BCUT2D eigenvalue weighted by Crippen LogP contribution is 2.33. The zero-order valence-electron chi connectivity index (χ0n) is 14.4. The van der Waals surface area contributed by atoms with E-state index in [0.29, 0.717) is 11.4 Å². The summed E-state index contributed by atoms with van der Waals surface area (Å²) in [6, 6.07) is 15.3. The Bertz CT molecular complexity index is 926. The highest BCUT2D eigenvalue weighted by molar-refractivity contribution is 6.10. The van der Waals surface area contributed by atoms with Gasteiger partial charge in [0.15, 0.2) is 0 Å². The molecule has 0 aliphatic rings. The molecule has 3 rings (SSSR count). The summed E-state index contributed by atoms with van der Waals surface area (Å²) in [5, 5.41) is 7.95. The minimum absolute atomic E-state index is 0.244. The molecule has 132 valence electrons. The number of rotatable bonds is 6. The Kier molecular flexibility index (Phi) is 5.43. The normalized spacial score (nSPS) is 10.3. The number of amides is 1. The Morgan fingerprint density at radius 2 is 1.92 bits per heavy atom. The van der Waals surface area contributed by atoms with Crippen LogP contribution in [0.1, 0.15) is 13.3 Å². The Balaban J connectivity index is 1.93. The zero-order chi connectivity index (χ0) is 18.4. The predicted octanol–water partition coefficient (Wildman–Crippen LogP) is 3.87. The molecule has 6 heteroatoms. The van der Waals surface area contributed by atoms with Crippen molar-refractivity contribution < 1.29 is 14.3 Å². The second kappa shape index (κ2) is 8.11. The molecule has 26 heavy (non-hydrogen) atoms. The van der Waals surface area contributed by atoms with Gasteiger partial charge in [-0.2, -0.15) is 0 Å². The molecule has 0 unspecified atom stereocenters. The maximum atomic E-state index is 12.3. The smallest absolute Gasteiger partial charge is 0.315 e. The molecule has 0 bridgehead atoms. The largest absolute Gasteiger partial charge is 0.466 e. The van der Waals surface area contributed by atoms with Gasteiger partial charge in [-0.25, -0.2) is 0 Å². The second-order valence-electron chi connectivity index (χ2n) is 5.61. The van der Waals surface area contributed by atoms with Crippen molar-refractivity contribution in [3.8, 4) is 0 Å². The molecule has 0 fully saturated rings. The van der Waals surface area contributed by atoms with E-state index in [9.17, 15) is 9.59 Å². The maximum Gasteiger partial charge on any atom is 0.315 e. The molecule has 1 amide bonds. The van der Waals surface area contributed by atoms with Gasteiger partial charge in [-0.15, -0.1) is 0 Å². The van der Waals surface area contributed by atoms with Gasteiger partial charge < -0.3 is 15.4 Å². The van der Waals surface area contributed by atoms with E-state index in [1.54, 1.807) is 19.3 Å².